The van der Waals surface area contributed by atoms with E-state index in [0.717, 1.165) is 52.1 Å². The van der Waals surface area contributed by atoms with Crippen molar-refractivity contribution < 1.29 is 14.3 Å². The number of rotatable bonds is 5. The third-order valence-electron chi connectivity index (χ3n) is 5.47. The zero-order valence-electron chi connectivity index (χ0n) is 16.1. The molecule has 148 valence electrons. The van der Waals surface area contributed by atoms with Crippen molar-refractivity contribution in [2.45, 2.75) is 25.3 Å². The maximum absolute atomic E-state index is 13.0. The maximum Gasteiger partial charge on any atom is 0.255 e. The molecule has 7 heteroatoms. The van der Waals surface area contributed by atoms with Crippen LogP contribution in [-0.2, 0) is 4.79 Å². The number of carbonyl (C=O) groups is 2. The number of primary amides is 1. The minimum Gasteiger partial charge on any atom is -0.484 e. The lowest BCUT2D eigenvalue weighted by Crippen LogP contribution is -2.52. The quantitative estimate of drug-likeness (QED) is 0.824. The first-order valence-corrected chi connectivity index (χ1v) is 9.76. The van der Waals surface area contributed by atoms with Gasteiger partial charge in [-0.25, -0.2) is 0 Å². The number of amides is 2. The molecule has 0 aromatic heterocycles. The Hall–Kier alpha value is -2.12. The van der Waals surface area contributed by atoms with Gasteiger partial charge in [0.15, 0.2) is 6.61 Å². The highest BCUT2D eigenvalue weighted by molar-refractivity contribution is 5.94. The zero-order valence-corrected chi connectivity index (χ0v) is 16.1. The van der Waals surface area contributed by atoms with Gasteiger partial charge in [-0.1, -0.05) is 6.42 Å². The van der Waals surface area contributed by atoms with Crippen LogP contribution < -0.4 is 10.5 Å². The lowest BCUT2D eigenvalue weighted by Gasteiger charge is -2.39. The second-order valence-corrected chi connectivity index (χ2v) is 7.52. The van der Waals surface area contributed by atoms with Crippen LogP contribution in [0.4, 0.5) is 0 Å². The van der Waals surface area contributed by atoms with Gasteiger partial charge in [-0.15, -0.1) is 0 Å². The van der Waals surface area contributed by atoms with E-state index in [1.165, 1.54) is 6.42 Å². The van der Waals surface area contributed by atoms with Crippen LogP contribution in [-0.4, -0.2) is 85.5 Å². The van der Waals surface area contributed by atoms with E-state index in [0.29, 0.717) is 17.4 Å². The predicted molar refractivity (Wildman–Crippen MR) is 104 cm³/mol. The fourth-order valence-electron chi connectivity index (χ4n) is 3.82. The molecule has 0 saturated carbocycles. The Bertz CT molecular complexity index is 641. The topological polar surface area (TPSA) is 79.1 Å². The first-order chi connectivity index (χ1) is 13.0. The summed E-state index contributed by atoms with van der Waals surface area (Å²) in [6.45, 7) is 5.79. The summed E-state index contributed by atoms with van der Waals surface area (Å²) in [5.74, 6) is 0.0867. The van der Waals surface area contributed by atoms with Gasteiger partial charge in [0.1, 0.15) is 5.75 Å². The van der Waals surface area contributed by atoms with Crippen LogP contribution >= 0.6 is 0 Å². The molecule has 2 saturated heterocycles. The second kappa shape index (κ2) is 9.19. The van der Waals surface area contributed by atoms with Crippen LogP contribution in [0.2, 0.25) is 0 Å². The zero-order chi connectivity index (χ0) is 19.2. The van der Waals surface area contributed by atoms with Gasteiger partial charge in [0, 0.05) is 50.9 Å². The van der Waals surface area contributed by atoms with Gasteiger partial charge < -0.3 is 20.3 Å². The van der Waals surface area contributed by atoms with Crippen molar-refractivity contribution in [2.24, 2.45) is 5.73 Å². The minimum absolute atomic E-state index is 0.0671. The minimum atomic E-state index is -0.519. The smallest absolute Gasteiger partial charge is 0.255 e. The third kappa shape index (κ3) is 5.43. The van der Waals surface area contributed by atoms with Gasteiger partial charge in [-0.3, -0.25) is 14.5 Å². The van der Waals surface area contributed by atoms with Crippen molar-refractivity contribution >= 4 is 11.8 Å². The van der Waals surface area contributed by atoms with Crippen molar-refractivity contribution in [3.8, 4) is 5.75 Å². The molecule has 2 fully saturated rings. The van der Waals surface area contributed by atoms with Gasteiger partial charge in [0.2, 0.25) is 0 Å². The van der Waals surface area contributed by atoms with Crippen LogP contribution in [0.3, 0.4) is 0 Å². The van der Waals surface area contributed by atoms with E-state index >= 15 is 0 Å². The predicted octanol–water partition coefficient (Wildman–Crippen LogP) is 0.793. The average molecular weight is 374 g/mol. The first kappa shape index (κ1) is 19.6. The Labute approximate surface area is 161 Å². The molecule has 0 aliphatic carbocycles. The summed E-state index contributed by atoms with van der Waals surface area (Å²) in [4.78, 5) is 30.7. The van der Waals surface area contributed by atoms with Crippen LogP contribution in [0, 0.1) is 0 Å². The fraction of sp³-hybridized carbons (Fsp3) is 0.600. The number of likely N-dealkylation sites (tertiary alicyclic amines) is 1. The van der Waals surface area contributed by atoms with E-state index < -0.39 is 5.91 Å². The molecule has 2 aliphatic rings. The van der Waals surface area contributed by atoms with Crippen molar-refractivity contribution in [1.29, 1.82) is 0 Å². The van der Waals surface area contributed by atoms with Crippen molar-refractivity contribution in [2.75, 3.05) is 52.9 Å². The molecule has 0 spiro atoms. The summed E-state index contributed by atoms with van der Waals surface area (Å²) < 4.78 is 5.26. The first-order valence-electron chi connectivity index (χ1n) is 9.76. The van der Waals surface area contributed by atoms with Gasteiger partial charge >= 0.3 is 0 Å². The summed E-state index contributed by atoms with van der Waals surface area (Å²) in [6.07, 6.45) is 3.38. The standard InChI is InChI=1S/C20H30N4O3/c1-22-10-12-23(13-11-22)17-4-2-3-9-24(14-17)20(26)16-5-7-18(8-6-16)27-15-19(21)25/h5-8,17H,2-4,9-15H2,1H3,(H2,21,25). The van der Waals surface area contributed by atoms with E-state index in [1.807, 2.05) is 4.90 Å². The Balaban J connectivity index is 1.61. The van der Waals surface area contributed by atoms with Crippen LogP contribution in [0.25, 0.3) is 0 Å². The number of hydrogen-bond acceptors (Lipinski definition) is 5. The molecule has 1 unspecified atom stereocenters. The third-order valence-corrected chi connectivity index (χ3v) is 5.47. The Kier molecular flexibility index (Phi) is 6.68. The molecule has 0 bridgehead atoms. The molecule has 2 amide bonds. The van der Waals surface area contributed by atoms with E-state index in [1.54, 1.807) is 24.3 Å². The Morgan fingerprint density at radius 3 is 2.44 bits per heavy atom. The Morgan fingerprint density at radius 1 is 1.07 bits per heavy atom. The Morgan fingerprint density at radius 2 is 1.78 bits per heavy atom. The number of benzene rings is 1. The van der Waals surface area contributed by atoms with Crippen molar-refractivity contribution in [3.63, 3.8) is 0 Å². The lowest BCUT2D eigenvalue weighted by molar-refractivity contribution is -0.119. The largest absolute Gasteiger partial charge is 0.484 e. The van der Waals surface area contributed by atoms with Crippen molar-refractivity contribution in [3.05, 3.63) is 29.8 Å². The molecular weight excluding hydrogens is 344 g/mol. The summed E-state index contributed by atoms with van der Waals surface area (Å²) >= 11 is 0. The van der Waals surface area contributed by atoms with Gasteiger partial charge in [-0.05, 0) is 44.2 Å². The summed E-state index contributed by atoms with van der Waals surface area (Å²) in [5.41, 5.74) is 5.73. The van der Waals surface area contributed by atoms with Gasteiger partial charge in [-0.2, -0.15) is 0 Å². The highest BCUT2D eigenvalue weighted by Crippen LogP contribution is 2.20. The number of nitrogens with zero attached hydrogens (tertiary/aromatic N) is 3. The highest BCUT2D eigenvalue weighted by Gasteiger charge is 2.28. The number of piperazine rings is 1. The monoisotopic (exact) mass is 374 g/mol. The van der Waals surface area contributed by atoms with E-state index in [9.17, 15) is 9.59 Å². The molecule has 1 aromatic carbocycles. The summed E-state index contributed by atoms with van der Waals surface area (Å²) in [7, 11) is 2.16. The number of hydrogen-bond donors (Lipinski definition) is 1. The second-order valence-electron chi connectivity index (χ2n) is 7.52. The number of carbonyl (C=O) groups excluding carboxylic acids is 2. The van der Waals surface area contributed by atoms with Crippen molar-refractivity contribution in [1.82, 2.24) is 14.7 Å². The molecule has 3 rings (SSSR count). The fourth-order valence-corrected chi connectivity index (χ4v) is 3.82. The van der Waals surface area contributed by atoms with Gasteiger partial charge in [0.05, 0.1) is 0 Å². The van der Waals surface area contributed by atoms with E-state index in [-0.39, 0.29) is 12.5 Å². The maximum atomic E-state index is 13.0. The molecule has 7 nitrogen and oxygen atoms in total. The van der Waals surface area contributed by atoms with E-state index in [2.05, 4.69) is 16.8 Å². The normalized spacial score (nSPS) is 22.3. The number of likely N-dealkylation sites (N-methyl/N-ethyl adjacent to an activating group) is 1. The van der Waals surface area contributed by atoms with Crippen LogP contribution in [0.1, 0.15) is 29.6 Å². The molecule has 2 aliphatic heterocycles. The molecule has 1 atom stereocenters. The molecular formula is C20H30N4O3. The molecule has 27 heavy (non-hydrogen) atoms. The number of nitrogens with two attached hydrogens (primary N) is 1. The molecule has 2 heterocycles. The number of ether oxygens (including phenoxy) is 1. The van der Waals surface area contributed by atoms with Gasteiger partial charge in [0.25, 0.3) is 11.8 Å². The average Bonchev–Trinajstić information content (AvgIpc) is 2.93. The van der Waals surface area contributed by atoms with E-state index in [4.69, 9.17) is 10.5 Å². The van der Waals surface area contributed by atoms with Crippen LogP contribution in [0.15, 0.2) is 24.3 Å². The summed E-state index contributed by atoms with van der Waals surface area (Å²) in [6, 6.07) is 7.39. The molecule has 0 radical (unpaired) electrons. The molecule has 2 N–H and O–H groups in total. The molecule has 1 aromatic rings. The SMILES string of the molecule is CN1CCN(C2CCCCN(C(=O)c3ccc(OCC(N)=O)cc3)C2)CC1. The highest BCUT2D eigenvalue weighted by atomic mass is 16.5. The lowest BCUT2D eigenvalue weighted by atomic mass is 10.1. The summed E-state index contributed by atoms with van der Waals surface area (Å²) in [5, 5.41) is 0. The van der Waals surface area contributed by atoms with Crippen LogP contribution in [0.5, 0.6) is 5.75 Å².